The summed E-state index contributed by atoms with van der Waals surface area (Å²) in [6, 6.07) is 3.88. The average Bonchev–Trinajstić information content (AvgIpc) is 2.93. The normalized spacial score (nSPS) is 18.4. The van der Waals surface area contributed by atoms with Gasteiger partial charge < -0.3 is 4.74 Å². The van der Waals surface area contributed by atoms with E-state index in [1.54, 1.807) is 24.3 Å². The van der Waals surface area contributed by atoms with Gasteiger partial charge in [-0.2, -0.15) is 0 Å². The van der Waals surface area contributed by atoms with Gasteiger partial charge >= 0.3 is 0 Å². The van der Waals surface area contributed by atoms with Crippen LogP contribution >= 0.6 is 11.3 Å². The molecule has 4 heteroatoms. The molecule has 0 N–H and O–H groups in total. The average molecular weight is 260 g/mol. The van der Waals surface area contributed by atoms with Crippen LogP contribution in [0.1, 0.15) is 11.8 Å². The highest BCUT2D eigenvalue weighted by atomic mass is 32.1. The van der Waals surface area contributed by atoms with Crippen molar-refractivity contribution in [3.8, 4) is 0 Å². The molecule has 0 amide bonds. The maximum atomic E-state index is 11.8. The molecule has 0 radical (unpaired) electrons. The topological polar surface area (TPSA) is 43.4 Å². The molecule has 0 saturated carbocycles. The van der Waals surface area contributed by atoms with Crippen molar-refractivity contribution < 1.29 is 14.3 Å². The van der Waals surface area contributed by atoms with Gasteiger partial charge in [-0.3, -0.25) is 9.59 Å². The van der Waals surface area contributed by atoms with E-state index in [0.29, 0.717) is 11.3 Å². The van der Waals surface area contributed by atoms with Crippen LogP contribution in [0, 0.1) is 0 Å². The fourth-order valence-corrected chi connectivity index (χ4v) is 2.29. The molecule has 0 aromatic carbocycles. The first kappa shape index (κ1) is 12.5. The van der Waals surface area contributed by atoms with Crippen molar-refractivity contribution in [1.29, 1.82) is 0 Å². The van der Waals surface area contributed by atoms with Gasteiger partial charge in [-0.05, 0) is 36.6 Å². The highest BCUT2D eigenvalue weighted by Gasteiger charge is 2.28. The zero-order valence-corrected chi connectivity index (χ0v) is 10.9. The Morgan fingerprint density at radius 1 is 1.39 bits per heavy atom. The second kappa shape index (κ2) is 5.14. The third-order valence-electron chi connectivity index (χ3n) is 2.59. The minimum atomic E-state index is -0.287. The molecule has 0 spiro atoms. The van der Waals surface area contributed by atoms with Gasteiger partial charge in [0.2, 0.25) is 0 Å². The van der Waals surface area contributed by atoms with E-state index in [-0.39, 0.29) is 17.1 Å². The highest BCUT2D eigenvalue weighted by Crippen LogP contribution is 2.22. The monoisotopic (exact) mass is 260 g/mol. The minimum Gasteiger partial charge on any atom is -0.496 e. The van der Waals surface area contributed by atoms with Crippen LogP contribution in [0.25, 0.3) is 6.08 Å². The predicted molar refractivity (Wildman–Crippen MR) is 71.2 cm³/mol. The van der Waals surface area contributed by atoms with E-state index in [4.69, 9.17) is 4.74 Å². The lowest BCUT2D eigenvalue weighted by atomic mass is 10.1. The Morgan fingerprint density at radius 2 is 2.17 bits per heavy atom. The Bertz CT molecular complexity index is 574. The van der Waals surface area contributed by atoms with E-state index < -0.39 is 0 Å². The number of Topliss-reactive ketones (excluding diaryl/α,β-unsaturated/α-hetero) is 1. The summed E-state index contributed by atoms with van der Waals surface area (Å²) >= 11 is 1.57. The summed E-state index contributed by atoms with van der Waals surface area (Å²) in [7, 11) is 1.45. The Hall–Kier alpha value is -1.94. The van der Waals surface area contributed by atoms with E-state index in [0.717, 1.165) is 4.88 Å². The van der Waals surface area contributed by atoms with Gasteiger partial charge in [0.1, 0.15) is 11.3 Å². The summed E-state index contributed by atoms with van der Waals surface area (Å²) in [4.78, 5) is 24.5. The van der Waals surface area contributed by atoms with Gasteiger partial charge in [0.25, 0.3) is 0 Å². The van der Waals surface area contributed by atoms with Gasteiger partial charge in [0.05, 0.1) is 7.11 Å². The number of carbonyl (C=O) groups is 2. The summed E-state index contributed by atoms with van der Waals surface area (Å²) in [5.74, 6) is -0.232. The van der Waals surface area contributed by atoms with E-state index >= 15 is 0 Å². The standard InChI is InChI=1S/C14H12O3S/c1-9-8-11(15)13(14(9)16)12(17-2)6-5-10-4-3-7-18-10/h3-8H,1-2H3/b6-5+,13-12+. The van der Waals surface area contributed by atoms with Gasteiger partial charge in [0.15, 0.2) is 11.6 Å². The van der Waals surface area contributed by atoms with E-state index in [1.807, 2.05) is 23.6 Å². The van der Waals surface area contributed by atoms with Crippen LogP contribution in [-0.4, -0.2) is 18.7 Å². The molecule has 1 aromatic heterocycles. The molecular formula is C14H12O3S. The van der Waals surface area contributed by atoms with Crippen LogP contribution in [-0.2, 0) is 14.3 Å². The number of hydrogen-bond donors (Lipinski definition) is 0. The van der Waals surface area contributed by atoms with Crippen molar-refractivity contribution in [2.75, 3.05) is 7.11 Å². The van der Waals surface area contributed by atoms with E-state index in [2.05, 4.69) is 0 Å². The lowest BCUT2D eigenvalue weighted by Gasteiger charge is -2.03. The molecule has 0 saturated heterocycles. The lowest BCUT2D eigenvalue weighted by molar-refractivity contribution is -0.116. The second-order valence-electron chi connectivity index (χ2n) is 3.81. The minimum absolute atomic E-state index is 0.114. The Labute approximate surface area is 109 Å². The van der Waals surface area contributed by atoms with Crippen LogP contribution in [0.3, 0.4) is 0 Å². The molecular weight excluding hydrogens is 248 g/mol. The van der Waals surface area contributed by atoms with Gasteiger partial charge in [-0.15, -0.1) is 11.3 Å². The maximum absolute atomic E-state index is 11.8. The molecule has 1 aromatic rings. The van der Waals surface area contributed by atoms with Crippen LogP contribution < -0.4 is 0 Å². The molecule has 0 bridgehead atoms. The Balaban J connectivity index is 2.34. The third kappa shape index (κ3) is 2.33. The molecule has 3 nitrogen and oxygen atoms in total. The zero-order chi connectivity index (χ0) is 13.1. The molecule has 0 fully saturated rings. The molecule has 0 aliphatic heterocycles. The number of rotatable bonds is 3. The summed E-state index contributed by atoms with van der Waals surface area (Å²) in [5, 5.41) is 1.96. The SMILES string of the molecule is COC(/C=C/c1cccs1)=C1\C(=O)C=C(C)C1=O. The number of methoxy groups -OCH3 is 1. The largest absolute Gasteiger partial charge is 0.496 e. The smallest absolute Gasteiger partial charge is 0.196 e. The van der Waals surface area contributed by atoms with Crippen LogP contribution in [0.2, 0.25) is 0 Å². The third-order valence-corrected chi connectivity index (χ3v) is 3.43. The fourth-order valence-electron chi connectivity index (χ4n) is 1.67. The van der Waals surface area contributed by atoms with Gasteiger partial charge in [0, 0.05) is 10.5 Å². The molecule has 0 atom stereocenters. The molecule has 1 aliphatic rings. The predicted octanol–water partition coefficient (Wildman–Crippen LogP) is 2.76. The van der Waals surface area contributed by atoms with Crippen molar-refractivity contribution in [3.05, 3.63) is 51.4 Å². The maximum Gasteiger partial charge on any atom is 0.196 e. The quantitative estimate of drug-likeness (QED) is 0.477. The molecule has 92 valence electrons. The van der Waals surface area contributed by atoms with E-state index in [1.165, 1.54) is 13.2 Å². The summed E-state index contributed by atoms with van der Waals surface area (Å²) in [5.41, 5.74) is 0.567. The number of ketones is 2. The number of ether oxygens (including phenoxy) is 1. The highest BCUT2D eigenvalue weighted by molar-refractivity contribution is 7.10. The van der Waals surface area contributed by atoms with Crippen molar-refractivity contribution in [2.45, 2.75) is 6.92 Å². The summed E-state index contributed by atoms with van der Waals surface area (Å²) < 4.78 is 5.14. The van der Waals surface area contributed by atoms with Crippen molar-refractivity contribution in [2.24, 2.45) is 0 Å². The zero-order valence-electron chi connectivity index (χ0n) is 10.1. The van der Waals surface area contributed by atoms with Gasteiger partial charge in [-0.1, -0.05) is 6.07 Å². The second-order valence-corrected chi connectivity index (χ2v) is 4.79. The molecule has 1 aliphatic carbocycles. The molecule has 18 heavy (non-hydrogen) atoms. The molecule has 0 unspecified atom stereocenters. The fraction of sp³-hybridized carbons (Fsp3) is 0.143. The van der Waals surface area contributed by atoms with Crippen LogP contribution in [0.4, 0.5) is 0 Å². The van der Waals surface area contributed by atoms with Crippen molar-refractivity contribution >= 4 is 29.0 Å². The first-order valence-electron chi connectivity index (χ1n) is 5.40. The number of carbonyl (C=O) groups excluding carboxylic acids is 2. The summed E-state index contributed by atoms with van der Waals surface area (Å²) in [6.45, 7) is 1.63. The van der Waals surface area contributed by atoms with Crippen molar-refractivity contribution in [1.82, 2.24) is 0 Å². The first-order chi connectivity index (χ1) is 8.63. The van der Waals surface area contributed by atoms with Crippen molar-refractivity contribution in [3.63, 3.8) is 0 Å². The van der Waals surface area contributed by atoms with Crippen LogP contribution in [0.15, 0.2) is 46.6 Å². The molecule has 2 rings (SSSR count). The summed E-state index contributed by atoms with van der Waals surface area (Å²) in [6.07, 6.45) is 4.82. The number of allylic oxidation sites excluding steroid dienone is 4. The van der Waals surface area contributed by atoms with E-state index in [9.17, 15) is 9.59 Å². The Morgan fingerprint density at radius 3 is 2.67 bits per heavy atom. The first-order valence-corrected chi connectivity index (χ1v) is 6.28. The van der Waals surface area contributed by atoms with Crippen LogP contribution in [0.5, 0.6) is 0 Å². The number of hydrogen-bond acceptors (Lipinski definition) is 4. The molecule has 1 heterocycles. The Kier molecular flexibility index (Phi) is 3.58. The number of thiophene rings is 1. The van der Waals surface area contributed by atoms with Gasteiger partial charge in [-0.25, -0.2) is 0 Å². The lowest BCUT2D eigenvalue weighted by Crippen LogP contribution is -2.07.